The highest BCUT2D eigenvalue weighted by molar-refractivity contribution is 7.93. The molecule has 1 aliphatic heterocycles. The summed E-state index contributed by atoms with van der Waals surface area (Å²) >= 11 is 0. The third-order valence-corrected chi connectivity index (χ3v) is 4.99. The predicted molar refractivity (Wildman–Crippen MR) is 98.5 cm³/mol. The van der Waals surface area contributed by atoms with Crippen molar-refractivity contribution in [2.24, 2.45) is 4.99 Å². The fourth-order valence-corrected chi connectivity index (χ4v) is 3.40. The molecule has 0 atom stereocenters. The van der Waals surface area contributed by atoms with Crippen molar-refractivity contribution in [1.82, 2.24) is 14.9 Å². The Labute approximate surface area is 143 Å². The lowest BCUT2D eigenvalue weighted by molar-refractivity contribution is 0.593. The fraction of sp³-hybridized carbons (Fsp3) is 0.0625. The van der Waals surface area contributed by atoms with Crippen LogP contribution in [-0.2, 0) is 10.0 Å². The summed E-state index contributed by atoms with van der Waals surface area (Å²) in [7, 11) is -3.75. The Hall–Kier alpha value is -3.04. The Balaban J connectivity index is 1.91. The summed E-state index contributed by atoms with van der Waals surface area (Å²) < 4.78 is 26.9. The maximum Gasteiger partial charge on any atom is 0.272 e. The molecule has 0 aliphatic carbocycles. The molecule has 1 aromatic heterocycles. The van der Waals surface area contributed by atoms with Crippen LogP contribution in [0.5, 0.6) is 0 Å². The summed E-state index contributed by atoms with van der Waals surface area (Å²) in [6.07, 6.45) is 3.93. The molecule has 8 nitrogen and oxygen atoms in total. The number of aromatic amines is 1. The van der Waals surface area contributed by atoms with Gasteiger partial charge in [0.15, 0.2) is 5.82 Å². The van der Waals surface area contributed by atoms with E-state index in [1.807, 2.05) is 0 Å². The van der Waals surface area contributed by atoms with Crippen molar-refractivity contribution in [3.8, 4) is 0 Å². The minimum atomic E-state index is -3.75. The molecule has 0 saturated heterocycles. The van der Waals surface area contributed by atoms with Crippen LogP contribution in [0.4, 0.5) is 11.5 Å². The third-order valence-electron chi connectivity index (χ3n) is 3.54. The van der Waals surface area contributed by atoms with Crippen LogP contribution in [0.1, 0.15) is 0 Å². The molecule has 0 amide bonds. The van der Waals surface area contributed by atoms with Crippen LogP contribution in [-0.4, -0.2) is 31.0 Å². The van der Waals surface area contributed by atoms with Crippen molar-refractivity contribution in [3.05, 3.63) is 64.8 Å². The molecular formula is C16H15N5O3S. The van der Waals surface area contributed by atoms with Gasteiger partial charge in [-0.05, 0) is 24.3 Å². The normalized spacial score (nSPS) is 13.9. The number of hydrogen-bond donors (Lipinski definition) is 3. The summed E-state index contributed by atoms with van der Waals surface area (Å²) in [6, 6.07) is 5.16. The van der Waals surface area contributed by atoms with E-state index in [9.17, 15) is 13.2 Å². The van der Waals surface area contributed by atoms with Crippen LogP contribution < -0.4 is 15.6 Å². The van der Waals surface area contributed by atoms with Gasteiger partial charge in [-0.25, -0.2) is 23.2 Å². The molecule has 128 valence electrons. The van der Waals surface area contributed by atoms with E-state index in [1.54, 1.807) is 18.2 Å². The van der Waals surface area contributed by atoms with Gasteiger partial charge < -0.3 is 5.32 Å². The Morgan fingerprint density at radius 1 is 1.32 bits per heavy atom. The molecule has 2 heterocycles. The van der Waals surface area contributed by atoms with E-state index in [-0.39, 0.29) is 17.0 Å². The van der Waals surface area contributed by atoms with Gasteiger partial charge in [-0.1, -0.05) is 25.3 Å². The zero-order valence-electron chi connectivity index (χ0n) is 13.1. The highest BCUT2D eigenvalue weighted by Gasteiger charge is 2.20. The van der Waals surface area contributed by atoms with Crippen LogP contribution in [0, 0.1) is 0 Å². The standard InChI is InChI=1S/C16H15N5O3S/c1-3-6-10(4-2)25(23,24)17-9-13-18-12-8-5-7-11-14(12)15(19-13)20-21-16(11)22/h3-8,17H,1-2,9H2,(H,21,22)(H,18,19,20)/b10-6+. The number of benzene rings is 1. The van der Waals surface area contributed by atoms with Crippen molar-refractivity contribution in [1.29, 1.82) is 0 Å². The van der Waals surface area contributed by atoms with E-state index >= 15 is 0 Å². The minimum Gasteiger partial charge on any atom is -0.342 e. The van der Waals surface area contributed by atoms with Crippen molar-refractivity contribution < 1.29 is 8.42 Å². The van der Waals surface area contributed by atoms with E-state index in [2.05, 4.69) is 38.4 Å². The van der Waals surface area contributed by atoms with Gasteiger partial charge in [-0.3, -0.25) is 4.79 Å². The minimum absolute atomic E-state index is 0.00358. The highest BCUT2D eigenvalue weighted by atomic mass is 32.2. The SMILES string of the molecule is C=C/C=C(\C=C)S(=O)(=O)NCC1=Nc2n[nH]c(=O)c3cccc(c23)N1. The molecular weight excluding hydrogens is 342 g/mol. The van der Waals surface area contributed by atoms with Crippen molar-refractivity contribution in [3.63, 3.8) is 0 Å². The van der Waals surface area contributed by atoms with Gasteiger partial charge in [0.1, 0.15) is 5.84 Å². The van der Waals surface area contributed by atoms with Crippen molar-refractivity contribution >= 4 is 38.1 Å². The predicted octanol–water partition coefficient (Wildman–Crippen LogP) is 1.55. The van der Waals surface area contributed by atoms with Gasteiger partial charge in [0.25, 0.3) is 5.56 Å². The number of anilines is 1. The van der Waals surface area contributed by atoms with E-state index in [0.717, 1.165) is 0 Å². The van der Waals surface area contributed by atoms with Gasteiger partial charge in [-0.2, -0.15) is 5.10 Å². The number of allylic oxidation sites excluding steroid dienone is 3. The molecule has 25 heavy (non-hydrogen) atoms. The van der Waals surface area contributed by atoms with E-state index in [4.69, 9.17) is 0 Å². The third kappa shape index (κ3) is 3.14. The lowest BCUT2D eigenvalue weighted by Gasteiger charge is -2.18. The molecule has 1 aromatic carbocycles. The van der Waals surface area contributed by atoms with Crippen LogP contribution in [0.3, 0.4) is 0 Å². The van der Waals surface area contributed by atoms with Gasteiger partial charge in [-0.15, -0.1) is 0 Å². The van der Waals surface area contributed by atoms with Crippen LogP contribution in [0.2, 0.25) is 0 Å². The van der Waals surface area contributed by atoms with E-state index in [0.29, 0.717) is 28.1 Å². The average Bonchev–Trinajstić information content (AvgIpc) is 2.61. The Morgan fingerprint density at radius 2 is 2.12 bits per heavy atom. The lowest BCUT2D eigenvalue weighted by Crippen LogP contribution is -2.34. The molecule has 3 rings (SSSR count). The molecule has 3 N–H and O–H groups in total. The van der Waals surface area contributed by atoms with Crippen molar-refractivity contribution in [2.45, 2.75) is 0 Å². The van der Waals surface area contributed by atoms with Crippen LogP contribution >= 0.6 is 0 Å². The first-order valence-corrected chi connectivity index (χ1v) is 8.75. The molecule has 0 fully saturated rings. The Morgan fingerprint density at radius 3 is 2.84 bits per heavy atom. The summed E-state index contributed by atoms with van der Waals surface area (Å²) in [5.41, 5.74) is 0.327. The largest absolute Gasteiger partial charge is 0.342 e. The van der Waals surface area contributed by atoms with Gasteiger partial charge in [0.05, 0.1) is 27.9 Å². The Kier molecular flexibility index (Phi) is 4.34. The number of sulfonamides is 1. The second kappa shape index (κ2) is 6.46. The van der Waals surface area contributed by atoms with Gasteiger partial charge in [0, 0.05) is 0 Å². The number of rotatable bonds is 6. The van der Waals surface area contributed by atoms with Crippen molar-refractivity contribution in [2.75, 3.05) is 11.9 Å². The maximum absolute atomic E-state index is 12.2. The summed E-state index contributed by atoms with van der Waals surface area (Å²) in [6.45, 7) is 6.87. The molecule has 0 radical (unpaired) electrons. The number of nitrogens with zero attached hydrogens (tertiary/aromatic N) is 2. The topological polar surface area (TPSA) is 116 Å². The molecule has 0 unspecified atom stereocenters. The first-order chi connectivity index (χ1) is 12.0. The van der Waals surface area contributed by atoms with Gasteiger partial charge in [0.2, 0.25) is 10.0 Å². The molecule has 9 heteroatoms. The number of aliphatic imine (C=N–C) groups is 1. The maximum atomic E-state index is 12.2. The highest BCUT2D eigenvalue weighted by Crippen LogP contribution is 2.31. The molecule has 1 aliphatic rings. The average molecular weight is 357 g/mol. The molecule has 2 aromatic rings. The monoisotopic (exact) mass is 357 g/mol. The van der Waals surface area contributed by atoms with E-state index < -0.39 is 10.0 Å². The number of amidine groups is 1. The first-order valence-electron chi connectivity index (χ1n) is 7.27. The van der Waals surface area contributed by atoms with Gasteiger partial charge >= 0.3 is 0 Å². The lowest BCUT2D eigenvalue weighted by atomic mass is 10.1. The van der Waals surface area contributed by atoms with Crippen LogP contribution in [0.25, 0.3) is 10.8 Å². The molecule has 0 spiro atoms. The first kappa shape index (κ1) is 16.8. The smallest absolute Gasteiger partial charge is 0.272 e. The summed E-state index contributed by atoms with van der Waals surface area (Å²) in [5, 5.41) is 10.4. The number of nitrogens with one attached hydrogen (secondary N) is 3. The van der Waals surface area contributed by atoms with Crippen LogP contribution in [0.15, 0.2) is 64.3 Å². The zero-order chi connectivity index (χ0) is 18.0. The number of hydrogen-bond acceptors (Lipinski definition) is 6. The fourth-order valence-electron chi connectivity index (χ4n) is 2.41. The second-order valence-corrected chi connectivity index (χ2v) is 6.89. The number of H-pyrrole nitrogens is 1. The van der Waals surface area contributed by atoms with E-state index in [1.165, 1.54) is 18.2 Å². The zero-order valence-corrected chi connectivity index (χ0v) is 13.9. The Bertz CT molecular complexity index is 1100. The summed E-state index contributed by atoms with van der Waals surface area (Å²) in [4.78, 5) is 16.1. The summed E-state index contributed by atoms with van der Waals surface area (Å²) in [5.74, 6) is 0.675. The quantitative estimate of drug-likeness (QED) is 0.678. The number of aromatic nitrogens is 2. The molecule has 0 saturated carbocycles. The second-order valence-electron chi connectivity index (χ2n) is 5.12. The molecule has 0 bridgehead atoms.